The predicted molar refractivity (Wildman–Crippen MR) is 124 cm³/mol. The summed E-state index contributed by atoms with van der Waals surface area (Å²) in [5, 5.41) is 8.94. The summed E-state index contributed by atoms with van der Waals surface area (Å²) in [7, 11) is 0. The minimum absolute atomic E-state index is 0.0429. The molecule has 7 heteroatoms. The van der Waals surface area contributed by atoms with E-state index in [9.17, 15) is 8.78 Å². The summed E-state index contributed by atoms with van der Waals surface area (Å²) in [5.41, 5.74) is 3.23. The average molecular weight is 456 g/mol. The fourth-order valence-corrected chi connectivity index (χ4v) is 6.06. The van der Waals surface area contributed by atoms with Gasteiger partial charge in [0, 0.05) is 24.2 Å². The smallest absolute Gasteiger partial charge is 0.160 e. The zero-order chi connectivity index (χ0) is 23.5. The molecule has 3 aromatic heterocycles. The Kier molecular flexibility index (Phi) is 4.59. The molecule has 1 saturated carbocycles. The second-order valence-corrected chi connectivity index (χ2v) is 9.98. The first-order valence-corrected chi connectivity index (χ1v) is 11.5. The van der Waals surface area contributed by atoms with Crippen molar-refractivity contribution < 1.29 is 8.78 Å². The third kappa shape index (κ3) is 3.06. The quantitative estimate of drug-likeness (QED) is 0.387. The van der Waals surface area contributed by atoms with Crippen LogP contribution >= 0.6 is 0 Å². The van der Waals surface area contributed by atoms with Gasteiger partial charge in [0.1, 0.15) is 11.6 Å². The van der Waals surface area contributed by atoms with Crippen LogP contribution in [0.5, 0.6) is 0 Å². The van der Waals surface area contributed by atoms with Crippen molar-refractivity contribution in [1.82, 2.24) is 25.1 Å². The summed E-state index contributed by atoms with van der Waals surface area (Å²) in [4.78, 5) is 13.6. The van der Waals surface area contributed by atoms with Crippen molar-refractivity contribution in [1.29, 1.82) is 0 Å². The highest BCUT2D eigenvalue weighted by Crippen LogP contribution is 2.62. The Morgan fingerprint density at radius 2 is 1.79 bits per heavy atom. The van der Waals surface area contributed by atoms with Crippen LogP contribution in [0.15, 0.2) is 61.1 Å². The maximum absolute atomic E-state index is 14.5. The highest BCUT2D eigenvalue weighted by atomic mass is 19.1. The van der Waals surface area contributed by atoms with Gasteiger partial charge in [0.25, 0.3) is 0 Å². The number of rotatable bonds is 3. The molecule has 0 radical (unpaired) electrons. The van der Waals surface area contributed by atoms with Crippen molar-refractivity contribution in [2.75, 3.05) is 0 Å². The van der Waals surface area contributed by atoms with Crippen molar-refractivity contribution in [2.45, 2.75) is 44.4 Å². The van der Waals surface area contributed by atoms with Crippen LogP contribution in [0.2, 0.25) is 0 Å². The van der Waals surface area contributed by atoms with Gasteiger partial charge in [-0.2, -0.15) is 5.10 Å². The number of aromatic nitrogens is 5. The fraction of sp³-hybridized carbons (Fsp3) is 0.296. The molecule has 1 unspecified atom stereocenters. The lowest BCUT2D eigenvalue weighted by molar-refractivity contribution is 0.107. The molecular weight excluding hydrogens is 432 g/mol. The lowest BCUT2D eigenvalue weighted by atomic mass is 9.49. The zero-order valence-corrected chi connectivity index (χ0v) is 19.0. The van der Waals surface area contributed by atoms with Crippen molar-refractivity contribution in [3.05, 3.63) is 89.6 Å². The number of hydrogen-bond donors (Lipinski definition) is 0. The van der Waals surface area contributed by atoms with Crippen molar-refractivity contribution in [3.63, 3.8) is 0 Å². The van der Waals surface area contributed by atoms with E-state index in [0.29, 0.717) is 5.82 Å². The highest BCUT2D eigenvalue weighted by Gasteiger charge is 2.56. The number of halogens is 2. The van der Waals surface area contributed by atoms with Crippen LogP contribution in [-0.2, 0) is 5.41 Å². The van der Waals surface area contributed by atoms with Crippen molar-refractivity contribution >= 4 is 0 Å². The first kappa shape index (κ1) is 21.0. The van der Waals surface area contributed by atoms with Crippen molar-refractivity contribution in [2.24, 2.45) is 5.41 Å². The minimum atomic E-state index is -0.638. The van der Waals surface area contributed by atoms with Crippen LogP contribution in [-0.4, -0.2) is 25.1 Å². The summed E-state index contributed by atoms with van der Waals surface area (Å²) in [5.74, 6) is -0.430. The Balaban J connectivity index is 1.54. The van der Waals surface area contributed by atoms with Gasteiger partial charge in [-0.25, -0.2) is 18.7 Å². The number of fused-ring (bicyclic) bond motifs is 2. The lowest BCUT2D eigenvalue weighted by Crippen LogP contribution is -2.49. The van der Waals surface area contributed by atoms with Gasteiger partial charge in [-0.05, 0) is 72.6 Å². The van der Waals surface area contributed by atoms with Gasteiger partial charge in [0.15, 0.2) is 5.82 Å². The third-order valence-corrected chi connectivity index (χ3v) is 7.50. The molecule has 1 aromatic carbocycles. The molecule has 0 spiro atoms. The van der Waals surface area contributed by atoms with E-state index in [4.69, 9.17) is 4.98 Å². The van der Waals surface area contributed by atoms with E-state index in [1.165, 1.54) is 18.2 Å². The summed E-state index contributed by atoms with van der Waals surface area (Å²) in [6, 6.07) is 11.5. The molecule has 0 amide bonds. The Morgan fingerprint density at radius 3 is 2.53 bits per heavy atom. The summed E-state index contributed by atoms with van der Waals surface area (Å²) >= 11 is 0. The molecule has 3 aliphatic rings. The monoisotopic (exact) mass is 455 g/mol. The molecular formula is C27H23F2N5. The van der Waals surface area contributed by atoms with E-state index in [2.05, 4.69) is 34.0 Å². The van der Waals surface area contributed by atoms with Gasteiger partial charge >= 0.3 is 0 Å². The number of benzene rings is 1. The standard InChI is InChI=1S/C27H23F2N5/c1-26(2)15-27(22-9-12-31-25(32-22)16-5-4-11-30-14-16)10-8-18(26)17-13-21(33-34-24(17)27)23-19(28)6-3-7-20(23)29/h3-7,9,11-14,18H,8,10,15H2,1-2H3/t18?,27-/m0/s1. The van der Waals surface area contributed by atoms with E-state index in [-0.39, 0.29) is 22.6 Å². The third-order valence-electron chi connectivity index (χ3n) is 7.50. The molecule has 1 fully saturated rings. The first-order chi connectivity index (χ1) is 16.4. The van der Waals surface area contributed by atoms with Gasteiger partial charge in [-0.15, -0.1) is 5.10 Å². The van der Waals surface area contributed by atoms with Crippen LogP contribution in [0.25, 0.3) is 22.6 Å². The van der Waals surface area contributed by atoms with Gasteiger partial charge in [-0.1, -0.05) is 19.9 Å². The summed E-state index contributed by atoms with van der Waals surface area (Å²) < 4.78 is 29.0. The largest absolute Gasteiger partial charge is 0.264 e. The SMILES string of the molecule is CC1(C)C[C@]2(c3ccnc(-c4cccnc4)n3)CCC1c1cc(-c3c(F)cccc3F)nnc12. The number of nitrogens with zero attached hydrogens (tertiary/aromatic N) is 5. The van der Waals surface area contributed by atoms with E-state index in [1.807, 2.05) is 24.3 Å². The molecule has 5 nitrogen and oxygen atoms in total. The van der Waals surface area contributed by atoms with Gasteiger partial charge in [0.2, 0.25) is 0 Å². The van der Waals surface area contributed by atoms with E-state index >= 15 is 0 Å². The van der Waals surface area contributed by atoms with Crippen molar-refractivity contribution in [3.8, 4) is 22.6 Å². The summed E-state index contributed by atoms with van der Waals surface area (Å²) in [6.07, 6.45) is 7.95. The van der Waals surface area contributed by atoms with Crippen LogP contribution < -0.4 is 0 Å². The second-order valence-electron chi connectivity index (χ2n) is 9.98. The molecule has 0 saturated heterocycles. The molecule has 2 bridgehead atoms. The lowest BCUT2D eigenvalue weighted by Gasteiger charge is -2.54. The Hall–Kier alpha value is -3.61. The number of hydrogen-bond acceptors (Lipinski definition) is 5. The average Bonchev–Trinajstić information content (AvgIpc) is 2.84. The molecule has 3 heterocycles. The van der Waals surface area contributed by atoms with Crippen LogP contribution in [0.1, 0.15) is 56.0 Å². The van der Waals surface area contributed by atoms with E-state index in [0.717, 1.165) is 41.8 Å². The number of pyridine rings is 1. The Morgan fingerprint density at radius 1 is 0.971 bits per heavy atom. The van der Waals surface area contributed by atoms with E-state index < -0.39 is 17.0 Å². The molecule has 170 valence electrons. The first-order valence-electron chi connectivity index (χ1n) is 11.5. The predicted octanol–water partition coefficient (Wildman–Crippen LogP) is 5.87. The normalized spacial score (nSPS) is 22.4. The highest BCUT2D eigenvalue weighted by molar-refractivity contribution is 5.63. The molecule has 7 rings (SSSR count). The minimum Gasteiger partial charge on any atom is -0.264 e. The van der Waals surface area contributed by atoms with Crippen LogP contribution in [0.3, 0.4) is 0 Å². The molecule has 3 aliphatic carbocycles. The maximum Gasteiger partial charge on any atom is 0.160 e. The molecule has 2 atom stereocenters. The van der Waals surface area contributed by atoms with Crippen LogP contribution in [0, 0.1) is 17.0 Å². The van der Waals surface area contributed by atoms with E-state index in [1.54, 1.807) is 18.6 Å². The second kappa shape index (κ2) is 7.45. The topological polar surface area (TPSA) is 64.5 Å². The molecule has 4 aromatic rings. The van der Waals surface area contributed by atoms with Gasteiger partial charge < -0.3 is 0 Å². The zero-order valence-electron chi connectivity index (χ0n) is 19.0. The molecule has 0 N–H and O–H groups in total. The fourth-order valence-electron chi connectivity index (χ4n) is 6.06. The van der Waals surface area contributed by atoms with Gasteiger partial charge in [0.05, 0.1) is 28.1 Å². The Bertz CT molecular complexity index is 1390. The maximum atomic E-state index is 14.5. The van der Waals surface area contributed by atoms with Crippen LogP contribution in [0.4, 0.5) is 8.78 Å². The van der Waals surface area contributed by atoms with Gasteiger partial charge in [-0.3, -0.25) is 4.98 Å². The molecule has 34 heavy (non-hydrogen) atoms. The Labute approximate surface area is 196 Å². The molecule has 0 aliphatic heterocycles. The summed E-state index contributed by atoms with van der Waals surface area (Å²) in [6.45, 7) is 4.50.